The van der Waals surface area contributed by atoms with Gasteiger partial charge in [-0.15, -0.1) is 0 Å². The molecule has 0 aromatic carbocycles. The molecule has 1 saturated heterocycles. The van der Waals surface area contributed by atoms with Gasteiger partial charge in [0.25, 0.3) is 0 Å². The monoisotopic (exact) mass is 146 g/mol. The quantitative estimate of drug-likeness (QED) is 0.570. The van der Waals surface area contributed by atoms with Crippen LogP contribution in [0.15, 0.2) is 0 Å². The van der Waals surface area contributed by atoms with E-state index in [1.807, 2.05) is 7.05 Å². The maximum absolute atomic E-state index is 12.7. The Labute approximate surface area is 61.4 Å². The van der Waals surface area contributed by atoms with Gasteiger partial charge in [0.1, 0.15) is 6.17 Å². The Kier molecular flexibility index (Phi) is 2.63. The van der Waals surface area contributed by atoms with Gasteiger partial charge in [-0.1, -0.05) is 0 Å². The van der Waals surface area contributed by atoms with Crippen LogP contribution in [0.25, 0.3) is 0 Å². The van der Waals surface area contributed by atoms with Crippen LogP contribution in [-0.2, 0) is 0 Å². The minimum atomic E-state index is -0.734. The van der Waals surface area contributed by atoms with Gasteiger partial charge in [0, 0.05) is 19.6 Å². The lowest BCUT2D eigenvalue weighted by Crippen LogP contribution is -2.52. The molecule has 0 bridgehead atoms. The summed E-state index contributed by atoms with van der Waals surface area (Å²) < 4.78 is 12.7. The zero-order chi connectivity index (χ0) is 7.56. The molecule has 2 unspecified atom stereocenters. The lowest BCUT2D eigenvalue weighted by molar-refractivity contribution is 0.170. The third-order valence-electron chi connectivity index (χ3n) is 1.96. The highest BCUT2D eigenvalue weighted by molar-refractivity contribution is 4.80. The molecule has 0 radical (unpaired) electrons. The zero-order valence-electron chi connectivity index (χ0n) is 6.60. The number of alkyl halides is 1. The summed E-state index contributed by atoms with van der Waals surface area (Å²) in [5, 5.41) is 3.13. The molecule has 0 spiro atoms. The van der Waals surface area contributed by atoms with Gasteiger partial charge in [0.2, 0.25) is 0 Å². The number of rotatable bonds is 1. The normalized spacial score (nSPS) is 32.1. The van der Waals surface area contributed by atoms with Gasteiger partial charge in [-0.3, -0.25) is 0 Å². The molecule has 2 nitrogen and oxygen atoms in total. The van der Waals surface area contributed by atoms with E-state index in [-0.39, 0.29) is 6.04 Å². The van der Waals surface area contributed by atoms with Gasteiger partial charge in [0.05, 0.1) is 6.04 Å². The van der Waals surface area contributed by atoms with Crippen LogP contribution in [0.3, 0.4) is 0 Å². The van der Waals surface area contributed by atoms with Crippen LogP contribution in [0.2, 0.25) is 0 Å². The molecule has 1 fully saturated rings. The first-order valence-corrected chi connectivity index (χ1v) is 3.76. The highest BCUT2D eigenvalue weighted by atomic mass is 19.1. The molecule has 1 rings (SSSR count). The van der Waals surface area contributed by atoms with E-state index in [0.717, 1.165) is 19.6 Å². The maximum Gasteiger partial charge on any atom is 0.114 e. The van der Waals surface area contributed by atoms with E-state index in [4.69, 9.17) is 0 Å². The smallest absolute Gasteiger partial charge is 0.114 e. The van der Waals surface area contributed by atoms with Gasteiger partial charge in [-0.05, 0) is 14.0 Å². The van der Waals surface area contributed by atoms with Crippen molar-refractivity contribution in [2.45, 2.75) is 19.1 Å². The van der Waals surface area contributed by atoms with Crippen molar-refractivity contribution in [3.8, 4) is 0 Å². The minimum absolute atomic E-state index is 0.0405. The second kappa shape index (κ2) is 3.30. The van der Waals surface area contributed by atoms with Crippen molar-refractivity contribution in [3.63, 3.8) is 0 Å². The Balaban J connectivity index is 2.32. The second-order valence-corrected chi connectivity index (χ2v) is 3.00. The van der Waals surface area contributed by atoms with E-state index in [1.54, 1.807) is 6.92 Å². The third kappa shape index (κ3) is 1.92. The largest absolute Gasteiger partial charge is 0.309 e. The molecule has 10 heavy (non-hydrogen) atoms. The van der Waals surface area contributed by atoms with Gasteiger partial charge in [0.15, 0.2) is 0 Å². The van der Waals surface area contributed by atoms with E-state index in [9.17, 15) is 4.39 Å². The summed E-state index contributed by atoms with van der Waals surface area (Å²) in [6, 6.07) is 0.0405. The van der Waals surface area contributed by atoms with Crippen LogP contribution in [0, 0.1) is 0 Å². The minimum Gasteiger partial charge on any atom is -0.309 e. The average Bonchev–Trinajstić information content (AvgIpc) is 1.88. The Morgan fingerprint density at radius 1 is 1.70 bits per heavy atom. The zero-order valence-corrected chi connectivity index (χ0v) is 6.60. The molecule has 1 N–H and O–H groups in total. The lowest BCUT2D eigenvalue weighted by Gasteiger charge is -2.31. The van der Waals surface area contributed by atoms with Crippen LogP contribution in [0.5, 0.6) is 0 Å². The molecule has 0 aliphatic carbocycles. The first-order valence-electron chi connectivity index (χ1n) is 3.76. The lowest BCUT2D eigenvalue weighted by atomic mass is 10.1. The summed E-state index contributed by atoms with van der Waals surface area (Å²) in [4.78, 5) is 2.15. The molecule has 2 atom stereocenters. The number of nitrogens with one attached hydrogen (secondary N) is 1. The molecule has 0 aromatic rings. The van der Waals surface area contributed by atoms with Crippen molar-refractivity contribution in [3.05, 3.63) is 0 Å². The number of hydrogen-bond acceptors (Lipinski definition) is 2. The summed E-state index contributed by atoms with van der Waals surface area (Å²) >= 11 is 0. The van der Waals surface area contributed by atoms with Crippen molar-refractivity contribution in [1.29, 1.82) is 0 Å². The summed E-state index contributed by atoms with van der Waals surface area (Å²) in [5.74, 6) is 0. The molecule has 1 aliphatic heterocycles. The molecule has 1 aliphatic rings. The molecule has 0 aromatic heterocycles. The fourth-order valence-electron chi connectivity index (χ4n) is 1.24. The Morgan fingerprint density at radius 2 is 2.40 bits per heavy atom. The van der Waals surface area contributed by atoms with Crippen molar-refractivity contribution in [2.75, 3.05) is 26.7 Å². The van der Waals surface area contributed by atoms with Crippen LogP contribution in [0.4, 0.5) is 4.39 Å². The maximum atomic E-state index is 12.7. The Hall–Kier alpha value is -0.150. The fourth-order valence-corrected chi connectivity index (χ4v) is 1.24. The molecular weight excluding hydrogens is 131 g/mol. The highest BCUT2D eigenvalue weighted by Crippen LogP contribution is 2.03. The van der Waals surface area contributed by atoms with E-state index < -0.39 is 6.17 Å². The molecule has 3 heteroatoms. The fraction of sp³-hybridized carbons (Fsp3) is 1.00. The molecule has 0 amide bonds. The average molecular weight is 146 g/mol. The predicted octanol–water partition coefficient (Wildman–Crippen LogP) is 0.248. The number of halogens is 1. The summed E-state index contributed by atoms with van der Waals surface area (Å²) in [6.07, 6.45) is -0.734. The van der Waals surface area contributed by atoms with Crippen molar-refractivity contribution >= 4 is 0 Å². The van der Waals surface area contributed by atoms with Gasteiger partial charge in [-0.25, -0.2) is 4.39 Å². The number of hydrogen-bond donors (Lipinski definition) is 1. The van der Waals surface area contributed by atoms with Crippen LogP contribution in [0.1, 0.15) is 6.92 Å². The number of nitrogens with zero attached hydrogens (tertiary/aromatic N) is 1. The van der Waals surface area contributed by atoms with Gasteiger partial charge >= 0.3 is 0 Å². The van der Waals surface area contributed by atoms with Gasteiger partial charge in [-0.2, -0.15) is 0 Å². The van der Waals surface area contributed by atoms with Crippen LogP contribution < -0.4 is 5.32 Å². The van der Waals surface area contributed by atoms with Gasteiger partial charge < -0.3 is 10.2 Å². The van der Waals surface area contributed by atoms with E-state index in [0.29, 0.717) is 0 Å². The molecule has 0 saturated carbocycles. The summed E-state index contributed by atoms with van der Waals surface area (Å²) in [6.45, 7) is 4.38. The standard InChI is InChI=1S/C7H15FN2/c1-6(8)7-5-10(2)4-3-9-7/h6-7,9H,3-5H2,1-2H3. The highest BCUT2D eigenvalue weighted by Gasteiger charge is 2.21. The number of likely N-dealkylation sites (N-methyl/N-ethyl adjacent to an activating group) is 1. The molecule has 60 valence electrons. The second-order valence-electron chi connectivity index (χ2n) is 3.00. The van der Waals surface area contributed by atoms with Crippen molar-refractivity contribution in [1.82, 2.24) is 10.2 Å². The van der Waals surface area contributed by atoms with Crippen LogP contribution >= 0.6 is 0 Å². The summed E-state index contributed by atoms with van der Waals surface area (Å²) in [5.41, 5.74) is 0. The van der Waals surface area contributed by atoms with E-state index in [1.165, 1.54) is 0 Å². The first-order chi connectivity index (χ1) is 4.70. The Bertz CT molecular complexity index is 106. The molecular formula is C7H15FN2. The Morgan fingerprint density at radius 3 is 2.80 bits per heavy atom. The van der Waals surface area contributed by atoms with E-state index >= 15 is 0 Å². The number of piperazine rings is 1. The van der Waals surface area contributed by atoms with Crippen LogP contribution in [-0.4, -0.2) is 43.8 Å². The van der Waals surface area contributed by atoms with E-state index in [2.05, 4.69) is 10.2 Å². The first kappa shape index (κ1) is 7.95. The SMILES string of the molecule is CC(F)C1CN(C)CCN1. The predicted molar refractivity (Wildman–Crippen MR) is 39.9 cm³/mol. The third-order valence-corrected chi connectivity index (χ3v) is 1.96. The summed E-state index contributed by atoms with van der Waals surface area (Å²) in [7, 11) is 2.02. The van der Waals surface area contributed by atoms with Crippen molar-refractivity contribution < 1.29 is 4.39 Å². The van der Waals surface area contributed by atoms with Crippen molar-refractivity contribution in [2.24, 2.45) is 0 Å². The molecule has 1 heterocycles. The topological polar surface area (TPSA) is 15.3 Å².